The second-order valence-electron chi connectivity index (χ2n) is 4.97. The van der Waals surface area contributed by atoms with Crippen LogP contribution in [0.2, 0.25) is 0 Å². The van der Waals surface area contributed by atoms with Gasteiger partial charge in [0.2, 0.25) is 0 Å². The molecule has 0 atom stereocenters. The fourth-order valence-corrected chi connectivity index (χ4v) is 2.72. The van der Waals surface area contributed by atoms with Crippen LogP contribution < -0.4 is 5.48 Å². The molecule has 0 saturated heterocycles. The predicted octanol–water partition coefficient (Wildman–Crippen LogP) is 3.90. The van der Waals surface area contributed by atoms with E-state index in [1.54, 1.807) is 18.2 Å². The molecule has 0 heterocycles. The van der Waals surface area contributed by atoms with Crippen LogP contribution in [0.4, 0.5) is 0 Å². The van der Waals surface area contributed by atoms with Gasteiger partial charge in [0.15, 0.2) is 0 Å². The summed E-state index contributed by atoms with van der Waals surface area (Å²) in [6.45, 7) is 6.35. The van der Waals surface area contributed by atoms with E-state index in [0.29, 0.717) is 6.54 Å². The number of rotatable bonds is 11. The average Bonchev–Trinajstić information content (AvgIpc) is 2.50. The second kappa shape index (κ2) is 9.71. The van der Waals surface area contributed by atoms with Gasteiger partial charge < -0.3 is 0 Å². The lowest BCUT2D eigenvalue weighted by molar-refractivity contribution is 0.201. The normalized spacial score (nSPS) is 11.5. The van der Waals surface area contributed by atoms with Gasteiger partial charge in [-0.05, 0) is 24.1 Å². The van der Waals surface area contributed by atoms with Crippen molar-refractivity contribution in [2.24, 2.45) is 0 Å². The van der Waals surface area contributed by atoms with E-state index in [0.717, 1.165) is 18.4 Å². The van der Waals surface area contributed by atoms with Crippen molar-refractivity contribution in [3.8, 4) is 0 Å². The highest BCUT2D eigenvalue weighted by Crippen LogP contribution is 2.13. The zero-order valence-corrected chi connectivity index (χ0v) is 13.5. The molecule has 1 aromatic carbocycles. The van der Waals surface area contributed by atoms with Crippen molar-refractivity contribution in [3.63, 3.8) is 0 Å². The molecule has 0 bridgehead atoms. The standard InChI is InChI=1S/C16H25NO3S/c1-3-5-6-7-8-9-14-17-20-21(18,19)16-12-10-15(4-2)11-13-16/h4,10-13,17H,2-3,5-9,14H2,1H3. The Morgan fingerprint density at radius 2 is 1.71 bits per heavy atom. The number of hydrogen-bond donors (Lipinski definition) is 1. The maximum Gasteiger partial charge on any atom is 0.312 e. The summed E-state index contributed by atoms with van der Waals surface area (Å²) in [6.07, 6.45) is 8.58. The van der Waals surface area contributed by atoms with Gasteiger partial charge >= 0.3 is 10.1 Å². The number of unbranched alkanes of at least 4 members (excludes halogenated alkanes) is 5. The van der Waals surface area contributed by atoms with Gasteiger partial charge in [-0.3, -0.25) is 0 Å². The third kappa shape index (κ3) is 6.89. The highest BCUT2D eigenvalue weighted by atomic mass is 32.2. The van der Waals surface area contributed by atoms with Crippen molar-refractivity contribution in [1.82, 2.24) is 5.48 Å². The van der Waals surface area contributed by atoms with Gasteiger partial charge in [0.1, 0.15) is 0 Å². The summed E-state index contributed by atoms with van der Waals surface area (Å²) < 4.78 is 28.6. The second-order valence-corrected chi connectivity index (χ2v) is 6.52. The Morgan fingerprint density at radius 3 is 2.33 bits per heavy atom. The minimum atomic E-state index is -3.73. The van der Waals surface area contributed by atoms with Crippen LogP contribution in [0, 0.1) is 0 Å². The molecular weight excluding hydrogens is 286 g/mol. The first-order valence-corrected chi connectivity index (χ1v) is 8.90. The summed E-state index contributed by atoms with van der Waals surface area (Å²) in [5, 5.41) is 0. The van der Waals surface area contributed by atoms with E-state index in [1.807, 2.05) is 0 Å². The van der Waals surface area contributed by atoms with Crippen molar-refractivity contribution in [2.45, 2.75) is 50.3 Å². The molecule has 5 heteroatoms. The number of nitrogens with one attached hydrogen (secondary N) is 1. The molecule has 0 saturated carbocycles. The van der Waals surface area contributed by atoms with Crippen molar-refractivity contribution in [2.75, 3.05) is 6.54 Å². The molecule has 0 aliphatic heterocycles. The molecule has 0 radical (unpaired) electrons. The Hall–Kier alpha value is -1.17. The van der Waals surface area contributed by atoms with E-state index in [1.165, 1.54) is 37.8 Å². The number of benzene rings is 1. The lowest BCUT2D eigenvalue weighted by Crippen LogP contribution is -2.21. The summed E-state index contributed by atoms with van der Waals surface area (Å²) in [7, 11) is -3.73. The van der Waals surface area contributed by atoms with Crippen LogP contribution in [-0.2, 0) is 14.4 Å². The van der Waals surface area contributed by atoms with Gasteiger partial charge in [0, 0.05) is 6.54 Å². The Balaban J connectivity index is 2.28. The van der Waals surface area contributed by atoms with Gasteiger partial charge in [-0.2, -0.15) is 18.2 Å². The molecule has 0 aromatic heterocycles. The van der Waals surface area contributed by atoms with Gasteiger partial charge in [-0.25, -0.2) is 0 Å². The first kappa shape index (κ1) is 17.9. The monoisotopic (exact) mass is 311 g/mol. The molecule has 0 fully saturated rings. The largest absolute Gasteiger partial charge is 0.312 e. The Morgan fingerprint density at radius 1 is 1.10 bits per heavy atom. The van der Waals surface area contributed by atoms with Crippen LogP contribution in [0.5, 0.6) is 0 Å². The first-order valence-electron chi connectivity index (χ1n) is 7.49. The average molecular weight is 311 g/mol. The van der Waals surface area contributed by atoms with Gasteiger partial charge in [-0.15, -0.1) is 0 Å². The first-order chi connectivity index (χ1) is 10.1. The summed E-state index contributed by atoms with van der Waals surface area (Å²) in [4.78, 5) is 0.142. The summed E-state index contributed by atoms with van der Waals surface area (Å²) in [5.41, 5.74) is 3.40. The van der Waals surface area contributed by atoms with Crippen LogP contribution >= 0.6 is 0 Å². The molecule has 1 N–H and O–H groups in total. The molecule has 1 rings (SSSR count). The maximum absolute atomic E-state index is 11.9. The molecule has 0 aliphatic rings. The quantitative estimate of drug-likeness (QED) is 0.497. The third-order valence-electron chi connectivity index (χ3n) is 3.21. The zero-order chi connectivity index (χ0) is 15.6. The summed E-state index contributed by atoms with van der Waals surface area (Å²) in [5.74, 6) is 0. The van der Waals surface area contributed by atoms with Crippen LogP contribution in [-0.4, -0.2) is 15.0 Å². The van der Waals surface area contributed by atoms with Crippen LogP contribution in [0.3, 0.4) is 0 Å². The maximum atomic E-state index is 11.9. The smallest absolute Gasteiger partial charge is 0.192 e. The molecule has 0 amide bonds. The van der Waals surface area contributed by atoms with Gasteiger partial charge in [0.05, 0.1) is 4.90 Å². The number of hydrogen-bond acceptors (Lipinski definition) is 4. The Kier molecular flexibility index (Phi) is 8.27. The number of hydroxylamine groups is 1. The molecule has 1 aromatic rings. The molecule has 4 nitrogen and oxygen atoms in total. The fourth-order valence-electron chi connectivity index (χ4n) is 1.92. The van der Waals surface area contributed by atoms with Crippen LogP contribution in [0.25, 0.3) is 6.08 Å². The topological polar surface area (TPSA) is 55.4 Å². The molecule has 21 heavy (non-hydrogen) atoms. The lowest BCUT2D eigenvalue weighted by atomic mass is 10.1. The van der Waals surface area contributed by atoms with Crippen molar-refractivity contribution in [1.29, 1.82) is 0 Å². The van der Waals surface area contributed by atoms with Crippen molar-refractivity contribution < 1.29 is 12.7 Å². The van der Waals surface area contributed by atoms with Crippen LogP contribution in [0.1, 0.15) is 51.0 Å². The highest BCUT2D eigenvalue weighted by molar-refractivity contribution is 7.86. The van der Waals surface area contributed by atoms with E-state index in [9.17, 15) is 8.42 Å². The van der Waals surface area contributed by atoms with E-state index >= 15 is 0 Å². The highest BCUT2D eigenvalue weighted by Gasteiger charge is 2.14. The zero-order valence-electron chi connectivity index (χ0n) is 12.7. The van der Waals surface area contributed by atoms with Crippen molar-refractivity contribution >= 4 is 16.2 Å². The van der Waals surface area contributed by atoms with E-state index < -0.39 is 10.1 Å². The van der Waals surface area contributed by atoms with Crippen molar-refractivity contribution in [3.05, 3.63) is 36.4 Å². The minimum absolute atomic E-state index is 0.142. The summed E-state index contributed by atoms with van der Waals surface area (Å²) >= 11 is 0. The Labute approximate surface area is 128 Å². The van der Waals surface area contributed by atoms with E-state index in [2.05, 4.69) is 19.0 Å². The van der Waals surface area contributed by atoms with Gasteiger partial charge in [0.25, 0.3) is 0 Å². The predicted molar refractivity (Wildman–Crippen MR) is 86.2 cm³/mol. The van der Waals surface area contributed by atoms with E-state index in [4.69, 9.17) is 4.28 Å². The molecule has 0 aliphatic carbocycles. The molecule has 0 unspecified atom stereocenters. The fraction of sp³-hybridized carbons (Fsp3) is 0.500. The minimum Gasteiger partial charge on any atom is -0.192 e. The Bertz CT molecular complexity index is 509. The lowest BCUT2D eigenvalue weighted by Gasteiger charge is -2.07. The van der Waals surface area contributed by atoms with Gasteiger partial charge in [-0.1, -0.05) is 63.8 Å². The molecular formula is C16H25NO3S. The summed E-state index contributed by atoms with van der Waals surface area (Å²) in [6, 6.07) is 6.41. The molecule has 0 spiro atoms. The third-order valence-corrected chi connectivity index (χ3v) is 4.39. The van der Waals surface area contributed by atoms with Crippen LogP contribution in [0.15, 0.2) is 35.7 Å². The molecule has 118 valence electrons. The SMILES string of the molecule is C=Cc1ccc(S(=O)(=O)ONCCCCCCCC)cc1. The van der Waals surface area contributed by atoms with E-state index in [-0.39, 0.29) is 4.90 Å².